The Labute approximate surface area is 183 Å². The van der Waals surface area contributed by atoms with Crippen LogP contribution < -0.4 is 10.1 Å². The van der Waals surface area contributed by atoms with Crippen molar-refractivity contribution in [2.24, 2.45) is 9.98 Å². The lowest BCUT2D eigenvalue weighted by atomic mass is 10.0. The molecule has 1 aromatic rings. The summed E-state index contributed by atoms with van der Waals surface area (Å²) in [5, 5.41) is 2.97. The Morgan fingerprint density at radius 2 is 2.07 bits per heavy atom. The first-order valence-electron chi connectivity index (χ1n) is 10.0. The molecule has 6 nitrogen and oxygen atoms in total. The van der Waals surface area contributed by atoms with Crippen molar-refractivity contribution in [1.29, 1.82) is 0 Å². The van der Waals surface area contributed by atoms with E-state index in [0.717, 1.165) is 23.3 Å². The second kappa shape index (κ2) is 17.9. The summed E-state index contributed by atoms with van der Waals surface area (Å²) in [6.07, 6.45) is 5.27. The first-order chi connectivity index (χ1) is 14.1. The highest BCUT2D eigenvalue weighted by Crippen LogP contribution is 2.19. The van der Waals surface area contributed by atoms with Crippen LogP contribution in [0.5, 0.6) is 5.75 Å². The second-order valence-corrected chi connectivity index (χ2v) is 6.15. The number of carbonyl (C=O) groups excluding carboxylic acids is 1. The molecule has 0 radical (unpaired) electrons. The van der Waals surface area contributed by atoms with Crippen molar-refractivity contribution >= 4 is 34.1 Å². The SMILES string of the molecule is C/C=N\C(=NCCCOc1ccc(CCC(=O)OCC)c(C)c1)N/C=C/Br.CC. The number of rotatable bonds is 10. The van der Waals surface area contributed by atoms with Crippen molar-refractivity contribution < 1.29 is 14.3 Å². The van der Waals surface area contributed by atoms with Crippen molar-refractivity contribution in [3.63, 3.8) is 0 Å². The van der Waals surface area contributed by atoms with Crippen molar-refractivity contribution in [1.82, 2.24) is 5.32 Å². The monoisotopic (exact) mass is 467 g/mol. The van der Waals surface area contributed by atoms with E-state index in [9.17, 15) is 4.79 Å². The Morgan fingerprint density at radius 3 is 2.69 bits per heavy atom. The fourth-order valence-corrected chi connectivity index (χ4v) is 2.43. The van der Waals surface area contributed by atoms with Gasteiger partial charge in [0.15, 0.2) is 0 Å². The molecule has 0 amide bonds. The number of hydrogen-bond donors (Lipinski definition) is 1. The molecule has 0 spiro atoms. The van der Waals surface area contributed by atoms with E-state index in [2.05, 4.69) is 31.2 Å². The zero-order valence-electron chi connectivity index (χ0n) is 18.2. The molecule has 1 aromatic carbocycles. The Balaban J connectivity index is 0.00000379. The van der Waals surface area contributed by atoms with Gasteiger partial charge in [0, 0.05) is 31.8 Å². The summed E-state index contributed by atoms with van der Waals surface area (Å²) in [4.78, 5) is 21.7. The average Bonchev–Trinajstić information content (AvgIpc) is 2.72. The quantitative estimate of drug-likeness (QED) is 0.222. The number of hydrogen-bond acceptors (Lipinski definition) is 4. The summed E-state index contributed by atoms with van der Waals surface area (Å²) in [6, 6.07) is 5.94. The third-order valence-corrected chi connectivity index (χ3v) is 3.84. The molecule has 0 saturated heterocycles. The maximum absolute atomic E-state index is 11.5. The first kappa shape index (κ1) is 26.9. The number of nitrogens with zero attached hydrogens (tertiary/aromatic N) is 2. The van der Waals surface area contributed by atoms with Gasteiger partial charge in [-0.05, 0) is 55.4 Å². The van der Waals surface area contributed by atoms with Crippen LogP contribution in [0.25, 0.3) is 0 Å². The summed E-state index contributed by atoms with van der Waals surface area (Å²) in [6.45, 7) is 11.3. The predicted octanol–water partition coefficient (Wildman–Crippen LogP) is 5.19. The number of aliphatic imine (C=N–C) groups is 2. The van der Waals surface area contributed by atoms with E-state index in [1.165, 1.54) is 0 Å². The summed E-state index contributed by atoms with van der Waals surface area (Å²) in [5.41, 5.74) is 2.24. The van der Waals surface area contributed by atoms with E-state index in [-0.39, 0.29) is 5.97 Å². The number of carbonyl (C=O) groups is 1. The van der Waals surface area contributed by atoms with Crippen LogP contribution in [0, 0.1) is 6.92 Å². The second-order valence-electron chi connectivity index (χ2n) is 5.62. The van der Waals surface area contributed by atoms with Gasteiger partial charge in [-0.25, -0.2) is 4.99 Å². The van der Waals surface area contributed by atoms with Crippen molar-refractivity contribution in [3.05, 3.63) is 40.5 Å². The Hall–Kier alpha value is -2.15. The van der Waals surface area contributed by atoms with Crippen LogP contribution in [0.3, 0.4) is 0 Å². The third kappa shape index (κ3) is 12.8. The van der Waals surface area contributed by atoms with Gasteiger partial charge in [0.1, 0.15) is 5.75 Å². The minimum atomic E-state index is -0.161. The highest BCUT2D eigenvalue weighted by atomic mass is 79.9. The van der Waals surface area contributed by atoms with Gasteiger partial charge in [0.05, 0.1) is 13.2 Å². The molecule has 7 heteroatoms. The van der Waals surface area contributed by atoms with Crippen LogP contribution in [0.1, 0.15) is 51.7 Å². The number of esters is 1. The van der Waals surface area contributed by atoms with Crippen LogP contribution in [0.2, 0.25) is 0 Å². The van der Waals surface area contributed by atoms with E-state index in [4.69, 9.17) is 9.47 Å². The number of guanidine groups is 1. The smallest absolute Gasteiger partial charge is 0.306 e. The molecule has 0 fully saturated rings. The zero-order chi connectivity index (χ0) is 21.9. The van der Waals surface area contributed by atoms with Crippen LogP contribution in [0.4, 0.5) is 0 Å². The van der Waals surface area contributed by atoms with Gasteiger partial charge >= 0.3 is 5.97 Å². The van der Waals surface area contributed by atoms with Gasteiger partial charge in [-0.3, -0.25) is 9.79 Å². The molecular formula is C22H34BrN3O3. The van der Waals surface area contributed by atoms with Gasteiger partial charge in [-0.1, -0.05) is 35.8 Å². The summed E-state index contributed by atoms with van der Waals surface area (Å²) in [7, 11) is 0. The van der Waals surface area contributed by atoms with Gasteiger partial charge in [-0.15, -0.1) is 0 Å². The fraction of sp³-hybridized carbons (Fsp3) is 0.500. The normalized spacial score (nSPS) is 11.3. The number of halogens is 1. The standard InChI is InChI=1S/C20H28BrN3O3.C2H6/c1-4-22-20(24-13-11-21)23-12-6-14-27-18-9-7-17(16(3)15-18)8-10-19(25)26-5-2;1-2/h4,7,9,11,13,15H,5-6,8,10,12,14H2,1-3H3,(H,23,24);1-2H3/b13-11+,22-4-;. The van der Waals surface area contributed by atoms with Gasteiger partial charge in [0.25, 0.3) is 0 Å². The number of benzene rings is 1. The highest BCUT2D eigenvalue weighted by Gasteiger charge is 2.06. The van der Waals surface area contributed by atoms with E-state index < -0.39 is 0 Å². The molecule has 0 heterocycles. The first-order valence-corrected chi connectivity index (χ1v) is 10.9. The minimum absolute atomic E-state index is 0.161. The van der Waals surface area contributed by atoms with Gasteiger partial charge in [0.2, 0.25) is 5.96 Å². The Morgan fingerprint density at radius 1 is 1.31 bits per heavy atom. The molecule has 0 aliphatic carbocycles. The molecule has 29 heavy (non-hydrogen) atoms. The lowest BCUT2D eigenvalue weighted by Crippen LogP contribution is -2.15. The van der Waals surface area contributed by atoms with E-state index in [1.807, 2.05) is 52.8 Å². The van der Waals surface area contributed by atoms with Gasteiger partial charge < -0.3 is 14.8 Å². The van der Waals surface area contributed by atoms with Crippen LogP contribution in [-0.2, 0) is 16.0 Å². The van der Waals surface area contributed by atoms with Gasteiger partial charge in [-0.2, -0.15) is 0 Å². The molecule has 0 aromatic heterocycles. The molecule has 0 aliphatic heterocycles. The summed E-state index contributed by atoms with van der Waals surface area (Å²) >= 11 is 3.19. The summed E-state index contributed by atoms with van der Waals surface area (Å²) in [5.74, 6) is 1.23. The largest absolute Gasteiger partial charge is 0.494 e. The summed E-state index contributed by atoms with van der Waals surface area (Å²) < 4.78 is 10.8. The molecule has 162 valence electrons. The van der Waals surface area contributed by atoms with Crippen molar-refractivity contribution in [3.8, 4) is 5.75 Å². The topological polar surface area (TPSA) is 72.3 Å². The van der Waals surface area contributed by atoms with Crippen LogP contribution in [0.15, 0.2) is 39.4 Å². The minimum Gasteiger partial charge on any atom is -0.494 e. The highest BCUT2D eigenvalue weighted by molar-refractivity contribution is 9.11. The Bertz CT molecular complexity index is 673. The van der Waals surface area contributed by atoms with Crippen molar-refractivity contribution in [2.45, 2.75) is 53.9 Å². The maximum atomic E-state index is 11.5. The molecular weight excluding hydrogens is 434 g/mol. The molecule has 0 saturated carbocycles. The van der Waals surface area contributed by atoms with Crippen LogP contribution in [-0.4, -0.2) is 37.9 Å². The molecule has 0 unspecified atom stereocenters. The maximum Gasteiger partial charge on any atom is 0.306 e. The third-order valence-electron chi connectivity index (χ3n) is 3.58. The van der Waals surface area contributed by atoms with E-state index in [0.29, 0.717) is 38.6 Å². The molecule has 0 atom stereocenters. The van der Waals surface area contributed by atoms with E-state index >= 15 is 0 Å². The van der Waals surface area contributed by atoms with Crippen molar-refractivity contribution in [2.75, 3.05) is 19.8 Å². The lowest BCUT2D eigenvalue weighted by molar-refractivity contribution is -0.143. The van der Waals surface area contributed by atoms with Crippen LogP contribution >= 0.6 is 15.9 Å². The fourth-order valence-electron chi connectivity index (χ4n) is 2.30. The average molecular weight is 468 g/mol. The van der Waals surface area contributed by atoms with E-state index in [1.54, 1.807) is 17.4 Å². The number of aryl methyl sites for hydroxylation is 2. The predicted molar refractivity (Wildman–Crippen MR) is 125 cm³/mol. The molecule has 0 aliphatic rings. The zero-order valence-corrected chi connectivity index (χ0v) is 19.8. The number of ether oxygens (including phenoxy) is 2. The molecule has 1 N–H and O–H groups in total. The Kier molecular flexibility index (Phi) is 16.6. The number of nitrogens with one attached hydrogen (secondary N) is 1. The lowest BCUT2D eigenvalue weighted by Gasteiger charge is -2.10. The molecule has 0 bridgehead atoms. The molecule has 1 rings (SSSR count).